The number of halogens is 1. The van der Waals surface area contributed by atoms with E-state index in [2.05, 4.69) is 25.6 Å². The van der Waals surface area contributed by atoms with Crippen LogP contribution in [0.15, 0.2) is 0 Å². The minimum Gasteiger partial charge on any atom is -0.464 e. The summed E-state index contributed by atoms with van der Waals surface area (Å²) in [6.07, 6.45) is 1.65. The fraction of sp³-hybridized carbons (Fsp3) is 0.600. The largest absolute Gasteiger partial charge is 0.464 e. The number of hydrogen-bond donors (Lipinski definition) is 2. The molecule has 1 unspecified atom stereocenters. The van der Waals surface area contributed by atoms with Gasteiger partial charge in [0.2, 0.25) is 17.1 Å². The fourth-order valence-electron chi connectivity index (χ4n) is 1.66. The number of rotatable bonds is 4. The average Bonchev–Trinajstić information content (AvgIpc) is 2.32. The number of piperidine rings is 1. The first kappa shape index (κ1) is 12.8. The van der Waals surface area contributed by atoms with Crippen molar-refractivity contribution in [1.82, 2.24) is 20.3 Å². The molecule has 1 saturated heterocycles. The zero-order valence-electron chi connectivity index (χ0n) is 9.94. The number of nitrogens with one attached hydrogen (secondary N) is 2. The Bertz CT molecular complexity index is 442. The van der Waals surface area contributed by atoms with Crippen LogP contribution in [-0.2, 0) is 4.79 Å². The summed E-state index contributed by atoms with van der Waals surface area (Å²) in [4.78, 5) is 23.3. The summed E-state index contributed by atoms with van der Waals surface area (Å²) in [5, 5.41) is 5.74. The van der Waals surface area contributed by atoms with Crippen molar-refractivity contribution in [3.8, 4) is 6.01 Å². The van der Waals surface area contributed by atoms with Crippen LogP contribution < -0.4 is 15.4 Å². The fourth-order valence-corrected chi connectivity index (χ4v) is 1.81. The van der Waals surface area contributed by atoms with Gasteiger partial charge in [0.15, 0.2) is 0 Å². The first-order valence-corrected chi connectivity index (χ1v) is 6.15. The first-order chi connectivity index (χ1) is 8.69. The van der Waals surface area contributed by atoms with Crippen LogP contribution in [0, 0.1) is 0 Å². The van der Waals surface area contributed by atoms with E-state index in [4.69, 9.17) is 16.3 Å². The van der Waals surface area contributed by atoms with Gasteiger partial charge in [-0.2, -0.15) is 15.0 Å². The minimum atomic E-state index is -0.341. The molecule has 2 heterocycles. The van der Waals surface area contributed by atoms with Crippen molar-refractivity contribution in [2.45, 2.75) is 25.8 Å². The number of anilines is 1. The second-order valence-electron chi connectivity index (χ2n) is 3.77. The van der Waals surface area contributed by atoms with Gasteiger partial charge >= 0.3 is 6.01 Å². The van der Waals surface area contributed by atoms with E-state index in [-0.39, 0.29) is 29.2 Å². The van der Waals surface area contributed by atoms with E-state index in [1.807, 2.05) is 6.92 Å². The number of hydrogen-bond acceptors (Lipinski definition) is 6. The van der Waals surface area contributed by atoms with Gasteiger partial charge in [0.1, 0.15) is 6.04 Å². The number of carbonyl (C=O) groups is 1. The van der Waals surface area contributed by atoms with Crippen molar-refractivity contribution in [2.75, 3.05) is 18.5 Å². The van der Waals surface area contributed by atoms with Crippen LogP contribution in [0.25, 0.3) is 0 Å². The summed E-state index contributed by atoms with van der Waals surface area (Å²) in [6, 6.07) is -0.192. The van der Waals surface area contributed by atoms with E-state index < -0.39 is 0 Å². The third-order valence-electron chi connectivity index (χ3n) is 2.45. The maximum absolute atomic E-state index is 11.6. The second kappa shape index (κ2) is 5.81. The molecule has 1 aliphatic rings. The van der Waals surface area contributed by atoms with E-state index >= 15 is 0 Å². The van der Waals surface area contributed by atoms with Gasteiger partial charge in [-0.25, -0.2) is 0 Å². The molecule has 0 spiro atoms. The third-order valence-corrected chi connectivity index (χ3v) is 2.62. The molecule has 1 amide bonds. The van der Waals surface area contributed by atoms with Gasteiger partial charge in [0.25, 0.3) is 0 Å². The molecule has 0 aromatic carbocycles. The van der Waals surface area contributed by atoms with Gasteiger partial charge in [-0.1, -0.05) is 0 Å². The van der Waals surface area contributed by atoms with Gasteiger partial charge in [0.05, 0.1) is 6.61 Å². The molecule has 1 fully saturated rings. The van der Waals surface area contributed by atoms with Crippen molar-refractivity contribution in [2.24, 2.45) is 0 Å². The monoisotopic (exact) mass is 271 g/mol. The number of ether oxygens (including phenoxy) is 1. The van der Waals surface area contributed by atoms with Gasteiger partial charge in [-0.15, -0.1) is 0 Å². The van der Waals surface area contributed by atoms with Crippen molar-refractivity contribution in [3.05, 3.63) is 5.28 Å². The van der Waals surface area contributed by atoms with Gasteiger partial charge in [-0.05, 0) is 31.4 Å². The van der Waals surface area contributed by atoms with Crippen LogP contribution in [0.5, 0.6) is 6.01 Å². The maximum atomic E-state index is 11.6. The molecule has 2 rings (SSSR count). The van der Waals surface area contributed by atoms with E-state index in [0.29, 0.717) is 13.2 Å². The van der Waals surface area contributed by atoms with E-state index in [9.17, 15) is 4.79 Å². The summed E-state index contributed by atoms with van der Waals surface area (Å²) in [5.41, 5.74) is 0. The minimum absolute atomic E-state index is 0.0344. The first-order valence-electron chi connectivity index (χ1n) is 5.77. The van der Waals surface area contributed by atoms with Crippen LogP contribution in [0.2, 0.25) is 5.28 Å². The van der Waals surface area contributed by atoms with Crippen molar-refractivity contribution in [1.29, 1.82) is 0 Å². The van der Waals surface area contributed by atoms with Crippen LogP contribution in [-0.4, -0.2) is 40.1 Å². The standard InChI is InChI=1S/C10H14ClN5O2/c1-2-18-10-15-8(11)14-9(16-10)13-6-4-3-5-12-7(6)17/h6H,2-5H2,1H3,(H,12,17)(H,13,14,15,16). The maximum Gasteiger partial charge on any atom is 0.322 e. The highest BCUT2D eigenvalue weighted by molar-refractivity contribution is 6.28. The zero-order valence-corrected chi connectivity index (χ0v) is 10.7. The summed E-state index contributed by atoms with van der Waals surface area (Å²) in [7, 11) is 0. The third kappa shape index (κ3) is 3.19. The number of aromatic nitrogens is 3. The summed E-state index contributed by atoms with van der Waals surface area (Å²) >= 11 is 5.76. The molecular weight excluding hydrogens is 258 g/mol. The van der Waals surface area contributed by atoms with E-state index in [1.165, 1.54) is 0 Å². The molecular formula is C10H14ClN5O2. The van der Waals surface area contributed by atoms with E-state index in [0.717, 1.165) is 12.8 Å². The predicted molar refractivity (Wildman–Crippen MR) is 65.7 cm³/mol. The Morgan fingerprint density at radius 1 is 1.50 bits per heavy atom. The van der Waals surface area contributed by atoms with E-state index in [1.54, 1.807) is 0 Å². The molecule has 1 aromatic heterocycles. The lowest BCUT2D eigenvalue weighted by Crippen LogP contribution is -2.44. The number of nitrogens with zero attached hydrogens (tertiary/aromatic N) is 3. The van der Waals surface area contributed by atoms with Gasteiger partial charge in [-0.3, -0.25) is 4.79 Å². The lowest BCUT2D eigenvalue weighted by atomic mass is 10.1. The Morgan fingerprint density at radius 2 is 2.33 bits per heavy atom. The Hall–Kier alpha value is -1.63. The highest BCUT2D eigenvalue weighted by Crippen LogP contribution is 2.14. The van der Waals surface area contributed by atoms with Gasteiger partial charge in [0, 0.05) is 6.54 Å². The molecule has 1 atom stereocenters. The molecule has 0 aliphatic carbocycles. The Kier molecular flexibility index (Phi) is 4.14. The molecule has 1 aromatic rings. The van der Waals surface area contributed by atoms with Crippen molar-refractivity contribution >= 4 is 23.5 Å². The van der Waals surface area contributed by atoms with Crippen molar-refractivity contribution < 1.29 is 9.53 Å². The van der Waals surface area contributed by atoms with Crippen molar-refractivity contribution in [3.63, 3.8) is 0 Å². The summed E-state index contributed by atoms with van der Waals surface area (Å²) in [5.74, 6) is 0.191. The lowest BCUT2D eigenvalue weighted by molar-refractivity contribution is -0.123. The van der Waals surface area contributed by atoms with Crippen LogP contribution >= 0.6 is 11.6 Å². The topological polar surface area (TPSA) is 89.0 Å². The molecule has 98 valence electrons. The smallest absolute Gasteiger partial charge is 0.322 e. The quantitative estimate of drug-likeness (QED) is 0.834. The second-order valence-corrected chi connectivity index (χ2v) is 4.11. The Balaban J connectivity index is 2.10. The van der Waals surface area contributed by atoms with Crippen LogP contribution in [0.3, 0.4) is 0 Å². The Labute approximate surface area is 109 Å². The average molecular weight is 272 g/mol. The number of carbonyl (C=O) groups excluding carboxylic acids is 1. The Morgan fingerprint density at radius 3 is 3.06 bits per heavy atom. The number of amides is 1. The highest BCUT2D eigenvalue weighted by atomic mass is 35.5. The molecule has 18 heavy (non-hydrogen) atoms. The van der Waals surface area contributed by atoms with Crippen LogP contribution in [0.4, 0.5) is 5.95 Å². The SMILES string of the molecule is CCOc1nc(Cl)nc(NC2CCCNC2=O)n1. The molecule has 2 N–H and O–H groups in total. The molecule has 0 radical (unpaired) electrons. The zero-order chi connectivity index (χ0) is 13.0. The predicted octanol–water partition coefficient (Wildman–Crippen LogP) is 0.614. The molecule has 0 saturated carbocycles. The van der Waals surface area contributed by atoms with Crippen LogP contribution in [0.1, 0.15) is 19.8 Å². The highest BCUT2D eigenvalue weighted by Gasteiger charge is 2.22. The van der Waals surface area contributed by atoms with Gasteiger partial charge < -0.3 is 15.4 Å². The normalized spacial score (nSPS) is 19.2. The molecule has 0 bridgehead atoms. The summed E-state index contributed by atoms with van der Waals surface area (Å²) in [6.45, 7) is 2.96. The molecule has 7 nitrogen and oxygen atoms in total. The molecule has 1 aliphatic heterocycles. The summed E-state index contributed by atoms with van der Waals surface area (Å²) < 4.78 is 5.16. The molecule has 8 heteroatoms. The lowest BCUT2D eigenvalue weighted by Gasteiger charge is -2.22.